The van der Waals surface area contributed by atoms with Gasteiger partial charge in [-0.25, -0.2) is 0 Å². The number of nitrogens with zero attached hydrogens (tertiary/aromatic N) is 2. The average Bonchev–Trinajstić information content (AvgIpc) is 3.15. The van der Waals surface area contributed by atoms with Gasteiger partial charge in [-0.15, -0.1) is 0 Å². The number of benzene rings is 2. The molecule has 1 aromatic heterocycles. The van der Waals surface area contributed by atoms with Crippen LogP contribution in [0.1, 0.15) is 24.1 Å². The quantitative estimate of drug-likeness (QED) is 0.565. The second-order valence-electron chi connectivity index (χ2n) is 6.77. The Morgan fingerprint density at radius 2 is 1.93 bits per heavy atom. The van der Waals surface area contributed by atoms with Crippen molar-refractivity contribution in [3.8, 4) is 17.1 Å². The number of amides is 1. The summed E-state index contributed by atoms with van der Waals surface area (Å²) < 4.78 is 11.2. The number of carbonyl (C=O) groups is 1. The molecular weight excluding hydrogens is 376 g/mol. The molecule has 0 N–H and O–H groups in total. The SMILES string of the molecule is O=C(CCCOc1ccccc1)N1CCc2noc(-c3ccc(Cl)cc3)c2C1. The lowest BCUT2D eigenvalue weighted by atomic mass is 10.0. The lowest BCUT2D eigenvalue weighted by Crippen LogP contribution is -2.36. The summed E-state index contributed by atoms with van der Waals surface area (Å²) in [7, 11) is 0. The minimum atomic E-state index is 0.130. The number of hydrogen-bond acceptors (Lipinski definition) is 4. The van der Waals surface area contributed by atoms with E-state index in [1.807, 2.05) is 59.5 Å². The summed E-state index contributed by atoms with van der Waals surface area (Å²) in [6.07, 6.45) is 1.85. The van der Waals surface area contributed by atoms with E-state index in [4.69, 9.17) is 20.9 Å². The molecule has 4 rings (SSSR count). The van der Waals surface area contributed by atoms with Gasteiger partial charge in [-0.3, -0.25) is 4.79 Å². The van der Waals surface area contributed by atoms with Crippen LogP contribution in [0.3, 0.4) is 0 Å². The van der Waals surface area contributed by atoms with E-state index in [1.54, 1.807) is 0 Å². The molecule has 5 nitrogen and oxygen atoms in total. The predicted molar refractivity (Wildman–Crippen MR) is 107 cm³/mol. The molecule has 0 bridgehead atoms. The molecule has 3 aromatic rings. The van der Waals surface area contributed by atoms with Crippen molar-refractivity contribution < 1.29 is 14.1 Å². The molecule has 2 aromatic carbocycles. The summed E-state index contributed by atoms with van der Waals surface area (Å²) in [5, 5.41) is 4.87. The molecule has 1 aliphatic heterocycles. The van der Waals surface area contributed by atoms with E-state index in [0.717, 1.165) is 28.3 Å². The maximum absolute atomic E-state index is 12.6. The van der Waals surface area contributed by atoms with Crippen LogP contribution in [0, 0.1) is 0 Å². The molecule has 144 valence electrons. The van der Waals surface area contributed by atoms with Crippen LogP contribution < -0.4 is 4.74 Å². The number of carbonyl (C=O) groups excluding carboxylic acids is 1. The van der Waals surface area contributed by atoms with Gasteiger partial charge in [0.25, 0.3) is 0 Å². The normalized spacial score (nSPS) is 13.2. The number of aromatic nitrogens is 1. The molecule has 1 amide bonds. The summed E-state index contributed by atoms with van der Waals surface area (Å²) in [4.78, 5) is 14.5. The van der Waals surface area contributed by atoms with Gasteiger partial charge in [0.1, 0.15) is 5.75 Å². The standard InChI is InChI=1S/C22H21ClN2O3/c23-17-10-8-16(9-11-17)22-19-15-25(13-12-20(19)24-28-22)21(26)7-4-14-27-18-5-2-1-3-6-18/h1-3,5-6,8-11H,4,7,12-15H2. The van der Waals surface area contributed by atoms with Crippen LogP contribution in [0.5, 0.6) is 5.75 Å². The molecule has 0 spiro atoms. The number of halogens is 1. The monoisotopic (exact) mass is 396 g/mol. The van der Waals surface area contributed by atoms with Gasteiger partial charge in [0.15, 0.2) is 5.76 Å². The van der Waals surface area contributed by atoms with Crippen LogP contribution in [0.25, 0.3) is 11.3 Å². The van der Waals surface area contributed by atoms with Crippen molar-refractivity contribution in [1.82, 2.24) is 10.1 Å². The highest BCUT2D eigenvalue weighted by molar-refractivity contribution is 6.30. The Morgan fingerprint density at radius 1 is 1.14 bits per heavy atom. The average molecular weight is 397 g/mol. The van der Waals surface area contributed by atoms with Gasteiger partial charge in [-0.1, -0.05) is 35.0 Å². The van der Waals surface area contributed by atoms with Gasteiger partial charge >= 0.3 is 0 Å². The molecule has 0 fully saturated rings. The minimum absolute atomic E-state index is 0.130. The van der Waals surface area contributed by atoms with Gasteiger partial charge in [-0.2, -0.15) is 0 Å². The maximum atomic E-state index is 12.6. The molecule has 0 saturated carbocycles. The zero-order chi connectivity index (χ0) is 19.3. The van der Waals surface area contributed by atoms with Crippen LogP contribution in [0.15, 0.2) is 59.1 Å². The molecule has 2 heterocycles. The van der Waals surface area contributed by atoms with Crippen molar-refractivity contribution in [2.45, 2.75) is 25.8 Å². The Labute approximate surface area is 168 Å². The molecule has 6 heteroatoms. The van der Waals surface area contributed by atoms with Gasteiger partial charge in [0.05, 0.1) is 18.8 Å². The Kier molecular flexibility index (Phi) is 5.63. The summed E-state index contributed by atoms with van der Waals surface area (Å²) in [5.41, 5.74) is 2.84. The Balaban J connectivity index is 1.35. The summed E-state index contributed by atoms with van der Waals surface area (Å²) in [5.74, 6) is 1.68. The lowest BCUT2D eigenvalue weighted by molar-refractivity contribution is -0.132. The topological polar surface area (TPSA) is 55.6 Å². The third-order valence-electron chi connectivity index (χ3n) is 4.84. The van der Waals surface area contributed by atoms with Crippen molar-refractivity contribution >= 4 is 17.5 Å². The first kappa shape index (κ1) is 18.6. The maximum Gasteiger partial charge on any atom is 0.223 e. The molecule has 0 saturated heterocycles. The Bertz CT molecular complexity index is 938. The highest BCUT2D eigenvalue weighted by Crippen LogP contribution is 2.31. The van der Waals surface area contributed by atoms with Gasteiger partial charge in [0, 0.05) is 35.5 Å². The molecule has 28 heavy (non-hydrogen) atoms. The number of ether oxygens (including phenoxy) is 1. The van der Waals surface area contributed by atoms with Crippen LogP contribution in [-0.4, -0.2) is 29.1 Å². The third-order valence-corrected chi connectivity index (χ3v) is 5.10. The van der Waals surface area contributed by atoms with E-state index in [-0.39, 0.29) is 5.91 Å². The predicted octanol–water partition coefficient (Wildman–Crippen LogP) is 4.74. The van der Waals surface area contributed by atoms with Crippen LogP contribution in [-0.2, 0) is 17.8 Å². The van der Waals surface area contributed by atoms with Crippen molar-refractivity contribution in [2.75, 3.05) is 13.2 Å². The largest absolute Gasteiger partial charge is 0.494 e. The highest BCUT2D eigenvalue weighted by Gasteiger charge is 2.27. The minimum Gasteiger partial charge on any atom is -0.494 e. The first-order valence-corrected chi connectivity index (χ1v) is 9.77. The molecule has 0 atom stereocenters. The van der Waals surface area contributed by atoms with E-state index in [9.17, 15) is 4.79 Å². The van der Waals surface area contributed by atoms with Crippen molar-refractivity contribution in [2.24, 2.45) is 0 Å². The number of fused-ring (bicyclic) bond motifs is 1. The third kappa shape index (κ3) is 4.20. The van der Waals surface area contributed by atoms with Crippen LogP contribution in [0.2, 0.25) is 5.02 Å². The van der Waals surface area contributed by atoms with E-state index >= 15 is 0 Å². The van der Waals surface area contributed by atoms with Crippen LogP contribution in [0.4, 0.5) is 0 Å². The lowest BCUT2D eigenvalue weighted by Gasteiger charge is -2.26. The van der Waals surface area contributed by atoms with Crippen molar-refractivity contribution in [3.05, 3.63) is 70.9 Å². The highest BCUT2D eigenvalue weighted by atomic mass is 35.5. The fourth-order valence-corrected chi connectivity index (χ4v) is 3.47. The van der Waals surface area contributed by atoms with E-state index in [0.29, 0.717) is 44.0 Å². The summed E-state index contributed by atoms with van der Waals surface area (Å²) in [6, 6.07) is 17.1. The zero-order valence-corrected chi connectivity index (χ0v) is 16.2. The second-order valence-corrected chi connectivity index (χ2v) is 7.21. The Hall–Kier alpha value is -2.79. The molecule has 0 aliphatic carbocycles. The van der Waals surface area contributed by atoms with Gasteiger partial charge < -0.3 is 14.2 Å². The van der Waals surface area contributed by atoms with Crippen LogP contribution >= 0.6 is 11.6 Å². The van der Waals surface area contributed by atoms with E-state index < -0.39 is 0 Å². The summed E-state index contributed by atoms with van der Waals surface area (Å²) in [6.45, 7) is 1.71. The zero-order valence-electron chi connectivity index (χ0n) is 15.4. The van der Waals surface area contributed by atoms with E-state index in [1.165, 1.54) is 0 Å². The second kappa shape index (κ2) is 8.48. The van der Waals surface area contributed by atoms with Crippen molar-refractivity contribution in [3.63, 3.8) is 0 Å². The molecule has 1 aliphatic rings. The molecule has 0 unspecified atom stereocenters. The van der Waals surface area contributed by atoms with Gasteiger partial charge in [0.2, 0.25) is 5.91 Å². The van der Waals surface area contributed by atoms with Crippen molar-refractivity contribution in [1.29, 1.82) is 0 Å². The van der Waals surface area contributed by atoms with E-state index in [2.05, 4.69) is 5.16 Å². The number of rotatable bonds is 6. The Morgan fingerprint density at radius 3 is 2.71 bits per heavy atom. The number of para-hydroxylation sites is 1. The first-order chi connectivity index (χ1) is 13.7. The smallest absolute Gasteiger partial charge is 0.223 e. The fourth-order valence-electron chi connectivity index (χ4n) is 3.34. The first-order valence-electron chi connectivity index (χ1n) is 9.39. The van der Waals surface area contributed by atoms with Gasteiger partial charge in [-0.05, 0) is 42.8 Å². The molecular formula is C22H21ClN2O3. The summed E-state index contributed by atoms with van der Waals surface area (Å²) >= 11 is 5.97. The number of hydrogen-bond donors (Lipinski definition) is 0. The molecule has 0 radical (unpaired) electrons. The fraction of sp³-hybridized carbons (Fsp3) is 0.273.